The van der Waals surface area contributed by atoms with Crippen LogP contribution in [0.1, 0.15) is 21.5 Å². The number of carbonyl (C=O) groups is 1. The number of hydrogen-bond acceptors (Lipinski definition) is 4. The molecular formula is C17H13Cl2N3OS2. The SMILES string of the molecule is Cc1ccc(C(=O)NC(=S)Nc2nc3cc(Cl)c(C)cc3s2)cc1Cl. The molecule has 0 unspecified atom stereocenters. The third-order valence-corrected chi connectivity index (χ3v) is 5.50. The van der Waals surface area contributed by atoms with Gasteiger partial charge in [0.05, 0.1) is 10.2 Å². The summed E-state index contributed by atoms with van der Waals surface area (Å²) in [6.45, 7) is 3.81. The van der Waals surface area contributed by atoms with Gasteiger partial charge in [0.2, 0.25) is 0 Å². The molecule has 0 aliphatic rings. The van der Waals surface area contributed by atoms with E-state index in [0.29, 0.717) is 20.7 Å². The van der Waals surface area contributed by atoms with Crippen LogP contribution in [0.5, 0.6) is 0 Å². The molecule has 8 heteroatoms. The van der Waals surface area contributed by atoms with E-state index in [4.69, 9.17) is 35.4 Å². The lowest BCUT2D eigenvalue weighted by Gasteiger charge is -2.08. The Balaban J connectivity index is 1.71. The van der Waals surface area contributed by atoms with Crippen LogP contribution in [0.25, 0.3) is 10.2 Å². The predicted molar refractivity (Wildman–Crippen MR) is 109 cm³/mol. The topological polar surface area (TPSA) is 54.0 Å². The smallest absolute Gasteiger partial charge is 0.257 e. The summed E-state index contributed by atoms with van der Waals surface area (Å²) in [6, 6.07) is 8.87. The molecule has 0 atom stereocenters. The number of thiocarbonyl (C=S) groups is 1. The van der Waals surface area contributed by atoms with Crippen molar-refractivity contribution in [1.29, 1.82) is 0 Å². The maximum absolute atomic E-state index is 12.2. The minimum Gasteiger partial charge on any atom is -0.308 e. The second-order valence-electron chi connectivity index (χ2n) is 5.46. The number of anilines is 1. The lowest BCUT2D eigenvalue weighted by Crippen LogP contribution is -2.34. The number of nitrogens with one attached hydrogen (secondary N) is 2. The first kappa shape index (κ1) is 18.1. The van der Waals surface area contributed by atoms with Gasteiger partial charge >= 0.3 is 0 Å². The molecular weight excluding hydrogens is 397 g/mol. The summed E-state index contributed by atoms with van der Waals surface area (Å²) in [6.07, 6.45) is 0. The molecule has 4 nitrogen and oxygen atoms in total. The van der Waals surface area contributed by atoms with Crippen molar-refractivity contribution in [2.75, 3.05) is 5.32 Å². The monoisotopic (exact) mass is 409 g/mol. The predicted octanol–water partition coefficient (Wildman–Crippen LogP) is 5.35. The van der Waals surface area contributed by atoms with Crippen LogP contribution in [0.3, 0.4) is 0 Å². The van der Waals surface area contributed by atoms with E-state index in [-0.39, 0.29) is 11.0 Å². The Morgan fingerprint density at radius 3 is 2.56 bits per heavy atom. The number of carbonyl (C=O) groups excluding carboxylic acids is 1. The van der Waals surface area contributed by atoms with Crippen LogP contribution in [0.2, 0.25) is 10.0 Å². The molecule has 128 valence electrons. The van der Waals surface area contributed by atoms with Crippen molar-refractivity contribution in [1.82, 2.24) is 10.3 Å². The molecule has 2 N–H and O–H groups in total. The minimum absolute atomic E-state index is 0.170. The van der Waals surface area contributed by atoms with Gasteiger partial charge in [-0.3, -0.25) is 10.1 Å². The minimum atomic E-state index is -0.334. The van der Waals surface area contributed by atoms with Crippen molar-refractivity contribution < 1.29 is 4.79 Å². The van der Waals surface area contributed by atoms with Crippen LogP contribution in [0.4, 0.5) is 5.13 Å². The summed E-state index contributed by atoms with van der Waals surface area (Å²) in [5.74, 6) is -0.334. The van der Waals surface area contributed by atoms with Crippen LogP contribution >= 0.6 is 46.8 Å². The van der Waals surface area contributed by atoms with Gasteiger partial charge < -0.3 is 5.32 Å². The lowest BCUT2D eigenvalue weighted by molar-refractivity contribution is 0.0977. The number of benzene rings is 2. The average molecular weight is 410 g/mol. The van der Waals surface area contributed by atoms with Crippen LogP contribution in [0.15, 0.2) is 30.3 Å². The molecule has 0 radical (unpaired) electrons. The Hall–Kier alpha value is -1.73. The van der Waals surface area contributed by atoms with Gasteiger partial charge in [0, 0.05) is 15.6 Å². The summed E-state index contributed by atoms with van der Waals surface area (Å²) < 4.78 is 0.990. The third-order valence-electron chi connectivity index (χ3n) is 3.55. The van der Waals surface area contributed by atoms with E-state index in [2.05, 4.69) is 15.6 Å². The molecule has 0 saturated carbocycles. The van der Waals surface area contributed by atoms with Crippen LogP contribution < -0.4 is 10.6 Å². The van der Waals surface area contributed by atoms with Gasteiger partial charge in [0.1, 0.15) is 0 Å². The summed E-state index contributed by atoms with van der Waals surface area (Å²) in [5.41, 5.74) is 3.10. The maximum atomic E-state index is 12.2. The molecule has 3 rings (SSSR count). The van der Waals surface area contributed by atoms with Crippen LogP contribution in [-0.4, -0.2) is 16.0 Å². The van der Waals surface area contributed by atoms with Crippen molar-refractivity contribution in [3.05, 3.63) is 57.1 Å². The second kappa shape index (κ2) is 7.25. The normalized spacial score (nSPS) is 10.7. The summed E-state index contributed by atoms with van der Waals surface area (Å²) in [7, 11) is 0. The van der Waals surface area contributed by atoms with E-state index in [1.165, 1.54) is 11.3 Å². The van der Waals surface area contributed by atoms with Gasteiger partial charge in [-0.1, -0.05) is 40.6 Å². The lowest BCUT2D eigenvalue weighted by atomic mass is 10.1. The molecule has 0 bridgehead atoms. The van der Waals surface area contributed by atoms with Crippen molar-refractivity contribution in [3.8, 4) is 0 Å². The maximum Gasteiger partial charge on any atom is 0.257 e. The summed E-state index contributed by atoms with van der Waals surface area (Å²) in [4.78, 5) is 16.7. The van der Waals surface area contributed by atoms with Gasteiger partial charge in [0.15, 0.2) is 10.2 Å². The zero-order valence-corrected chi connectivity index (χ0v) is 16.5. The highest BCUT2D eigenvalue weighted by atomic mass is 35.5. The van der Waals surface area contributed by atoms with E-state index in [1.54, 1.807) is 18.2 Å². The van der Waals surface area contributed by atoms with Gasteiger partial charge in [0.25, 0.3) is 5.91 Å². The number of amides is 1. The Morgan fingerprint density at radius 1 is 1.12 bits per heavy atom. The van der Waals surface area contributed by atoms with E-state index >= 15 is 0 Å². The zero-order valence-electron chi connectivity index (χ0n) is 13.3. The van der Waals surface area contributed by atoms with E-state index in [0.717, 1.165) is 21.3 Å². The number of fused-ring (bicyclic) bond motifs is 1. The van der Waals surface area contributed by atoms with E-state index in [9.17, 15) is 4.79 Å². The Morgan fingerprint density at radius 2 is 1.84 bits per heavy atom. The molecule has 0 aliphatic heterocycles. The van der Waals surface area contributed by atoms with Crippen molar-refractivity contribution in [2.24, 2.45) is 0 Å². The molecule has 0 aliphatic carbocycles. The third kappa shape index (κ3) is 4.10. The van der Waals surface area contributed by atoms with Gasteiger partial charge in [-0.25, -0.2) is 4.98 Å². The fraction of sp³-hybridized carbons (Fsp3) is 0.118. The summed E-state index contributed by atoms with van der Waals surface area (Å²) >= 11 is 18.8. The molecule has 1 amide bonds. The first-order valence-corrected chi connectivity index (χ1v) is 9.27. The standard InChI is InChI=1S/C17H13Cl2N3OS2/c1-8-3-4-10(6-11(8)18)15(23)21-16(24)22-17-20-13-7-12(19)9(2)5-14(13)25-17/h3-7H,1-2H3,(H2,20,21,22,23,24). The highest BCUT2D eigenvalue weighted by molar-refractivity contribution is 7.80. The van der Waals surface area contributed by atoms with E-state index in [1.807, 2.05) is 26.0 Å². The highest BCUT2D eigenvalue weighted by Crippen LogP contribution is 2.30. The fourth-order valence-electron chi connectivity index (χ4n) is 2.14. The quantitative estimate of drug-likeness (QED) is 0.560. The number of aryl methyl sites for hydroxylation is 2. The first-order valence-electron chi connectivity index (χ1n) is 7.28. The first-order chi connectivity index (χ1) is 11.8. The van der Waals surface area contributed by atoms with Crippen LogP contribution in [-0.2, 0) is 0 Å². The molecule has 2 aromatic carbocycles. The molecule has 1 heterocycles. The molecule has 0 saturated heterocycles. The van der Waals surface area contributed by atoms with Crippen molar-refractivity contribution in [2.45, 2.75) is 13.8 Å². The number of hydrogen-bond donors (Lipinski definition) is 2. The van der Waals surface area contributed by atoms with Crippen molar-refractivity contribution >= 4 is 73.1 Å². The summed E-state index contributed by atoms with van der Waals surface area (Å²) in [5, 5.41) is 7.50. The Bertz CT molecular complexity index is 962. The number of rotatable bonds is 2. The van der Waals surface area contributed by atoms with Gasteiger partial charge in [-0.2, -0.15) is 0 Å². The number of aromatic nitrogens is 1. The van der Waals surface area contributed by atoms with Gasteiger partial charge in [-0.05, 0) is 61.5 Å². The molecule has 1 aromatic heterocycles. The highest BCUT2D eigenvalue weighted by Gasteiger charge is 2.12. The van der Waals surface area contributed by atoms with Crippen LogP contribution in [0, 0.1) is 13.8 Å². The molecule has 0 fully saturated rings. The van der Waals surface area contributed by atoms with Crippen molar-refractivity contribution in [3.63, 3.8) is 0 Å². The fourth-order valence-corrected chi connectivity index (χ4v) is 3.68. The largest absolute Gasteiger partial charge is 0.308 e. The molecule has 3 aromatic rings. The number of thiazole rings is 1. The Kier molecular flexibility index (Phi) is 5.24. The molecule has 25 heavy (non-hydrogen) atoms. The number of halogens is 2. The van der Waals surface area contributed by atoms with E-state index < -0.39 is 0 Å². The van der Waals surface area contributed by atoms with Gasteiger partial charge in [-0.15, -0.1) is 0 Å². The number of nitrogens with zero attached hydrogens (tertiary/aromatic N) is 1. The zero-order chi connectivity index (χ0) is 18.1. The Labute approximate surface area is 164 Å². The second-order valence-corrected chi connectivity index (χ2v) is 7.71. The average Bonchev–Trinajstić information content (AvgIpc) is 2.91. The molecule has 0 spiro atoms.